The molecule has 0 fully saturated rings. The Labute approximate surface area is 207 Å². The van der Waals surface area contributed by atoms with Gasteiger partial charge in [0, 0.05) is 11.6 Å². The molecule has 3 rings (SSSR count). The van der Waals surface area contributed by atoms with E-state index in [1.54, 1.807) is 13.0 Å². The van der Waals surface area contributed by atoms with Crippen molar-refractivity contribution in [1.82, 2.24) is 0 Å². The van der Waals surface area contributed by atoms with Gasteiger partial charge < -0.3 is 18.6 Å². The molecule has 0 atom stereocenters. The van der Waals surface area contributed by atoms with Crippen molar-refractivity contribution < 1.29 is 23.4 Å². The molecular formula is C29H36O6. The molecule has 0 saturated carbocycles. The number of ether oxygens (including phenoxy) is 3. The number of carbonyl (C=O) groups is 1. The molecule has 0 unspecified atom stereocenters. The van der Waals surface area contributed by atoms with E-state index in [1.165, 1.54) is 11.6 Å². The van der Waals surface area contributed by atoms with Crippen LogP contribution >= 0.6 is 0 Å². The maximum absolute atomic E-state index is 12.6. The molecule has 188 valence electrons. The van der Waals surface area contributed by atoms with E-state index in [0.29, 0.717) is 36.4 Å². The highest BCUT2D eigenvalue weighted by atomic mass is 16.5. The van der Waals surface area contributed by atoms with Gasteiger partial charge in [0.15, 0.2) is 5.43 Å². The standard InChI is InChI=1S/C29H36O6/c1-4-12-21-14-8-9-15-25(21)33-18-10-7-11-19-34-26-17-16-22-24(30)20-27(29(31)32-6-3)35-28(22)23(26)13-5-2/h8-9,14-17,20H,4-7,10-13,18-19H2,1-3H3. The van der Waals surface area contributed by atoms with Crippen molar-refractivity contribution in [2.24, 2.45) is 0 Å². The summed E-state index contributed by atoms with van der Waals surface area (Å²) < 4.78 is 22.9. The smallest absolute Gasteiger partial charge is 0.374 e. The van der Waals surface area contributed by atoms with Crippen LogP contribution in [0, 0.1) is 0 Å². The summed E-state index contributed by atoms with van der Waals surface area (Å²) in [6.45, 7) is 7.38. The van der Waals surface area contributed by atoms with E-state index >= 15 is 0 Å². The number of hydrogen-bond donors (Lipinski definition) is 0. The number of benzene rings is 2. The first-order valence-electron chi connectivity index (χ1n) is 12.7. The first-order valence-corrected chi connectivity index (χ1v) is 12.7. The van der Waals surface area contributed by atoms with Crippen LogP contribution in [0.4, 0.5) is 0 Å². The Morgan fingerprint density at radius 2 is 1.57 bits per heavy atom. The third kappa shape index (κ3) is 7.10. The molecule has 0 spiro atoms. The molecule has 0 aliphatic rings. The zero-order valence-electron chi connectivity index (χ0n) is 21.1. The maximum Gasteiger partial charge on any atom is 0.374 e. The summed E-state index contributed by atoms with van der Waals surface area (Å²) in [5.74, 6) is 0.946. The number of fused-ring (bicyclic) bond motifs is 1. The molecule has 2 aromatic carbocycles. The molecule has 0 saturated heterocycles. The quantitative estimate of drug-likeness (QED) is 0.194. The highest BCUT2D eigenvalue weighted by molar-refractivity contribution is 5.90. The second kappa shape index (κ2) is 13.6. The molecule has 0 aliphatic carbocycles. The minimum atomic E-state index is -0.639. The average Bonchev–Trinajstić information content (AvgIpc) is 2.85. The summed E-state index contributed by atoms with van der Waals surface area (Å²) in [4.78, 5) is 24.7. The SMILES string of the molecule is CCCc1ccccc1OCCCCCOc1ccc2c(=O)cc(C(=O)OCC)oc2c1CCC. The van der Waals surface area contributed by atoms with Crippen LogP contribution < -0.4 is 14.9 Å². The minimum absolute atomic E-state index is 0.0839. The Bertz CT molecular complexity index is 1160. The molecule has 0 N–H and O–H groups in total. The number of hydrogen-bond acceptors (Lipinski definition) is 6. The van der Waals surface area contributed by atoms with Gasteiger partial charge in [0.25, 0.3) is 0 Å². The highest BCUT2D eigenvalue weighted by Gasteiger charge is 2.18. The van der Waals surface area contributed by atoms with Gasteiger partial charge in [0.05, 0.1) is 25.2 Å². The van der Waals surface area contributed by atoms with Crippen molar-refractivity contribution in [1.29, 1.82) is 0 Å². The Kier molecular flexibility index (Phi) is 10.2. The van der Waals surface area contributed by atoms with E-state index in [-0.39, 0.29) is 17.8 Å². The highest BCUT2D eigenvalue weighted by Crippen LogP contribution is 2.29. The van der Waals surface area contributed by atoms with Crippen molar-refractivity contribution in [2.75, 3.05) is 19.8 Å². The van der Waals surface area contributed by atoms with E-state index in [1.807, 2.05) is 18.2 Å². The van der Waals surface area contributed by atoms with Crippen LogP contribution in [0.15, 0.2) is 51.7 Å². The van der Waals surface area contributed by atoms with Crippen LogP contribution in [0.2, 0.25) is 0 Å². The van der Waals surface area contributed by atoms with Crippen LogP contribution in [0.1, 0.15) is 74.6 Å². The molecule has 3 aromatic rings. The Morgan fingerprint density at radius 1 is 0.857 bits per heavy atom. The molecule has 1 heterocycles. The lowest BCUT2D eigenvalue weighted by atomic mass is 10.0. The minimum Gasteiger partial charge on any atom is -0.493 e. The van der Waals surface area contributed by atoms with E-state index in [9.17, 15) is 9.59 Å². The molecule has 35 heavy (non-hydrogen) atoms. The molecule has 6 heteroatoms. The number of unbranched alkanes of at least 4 members (excludes halogenated alkanes) is 2. The van der Waals surface area contributed by atoms with Crippen molar-refractivity contribution in [2.45, 2.75) is 65.7 Å². The number of aryl methyl sites for hydroxylation is 2. The largest absolute Gasteiger partial charge is 0.493 e. The number of carbonyl (C=O) groups excluding carboxylic acids is 1. The van der Waals surface area contributed by atoms with Gasteiger partial charge in [0.1, 0.15) is 17.1 Å². The van der Waals surface area contributed by atoms with Gasteiger partial charge in [0.2, 0.25) is 5.76 Å². The summed E-state index contributed by atoms with van der Waals surface area (Å²) in [5.41, 5.74) is 2.21. The zero-order chi connectivity index (χ0) is 25.0. The van der Waals surface area contributed by atoms with Gasteiger partial charge in [-0.25, -0.2) is 4.79 Å². The molecule has 1 aromatic heterocycles. The fourth-order valence-corrected chi connectivity index (χ4v) is 4.05. The lowest BCUT2D eigenvalue weighted by Gasteiger charge is -2.14. The number of esters is 1. The van der Waals surface area contributed by atoms with E-state index in [0.717, 1.165) is 49.8 Å². The Hall–Kier alpha value is -3.28. The normalized spacial score (nSPS) is 10.9. The van der Waals surface area contributed by atoms with Crippen LogP contribution in [0.25, 0.3) is 11.0 Å². The average molecular weight is 481 g/mol. The van der Waals surface area contributed by atoms with Crippen LogP contribution in [-0.2, 0) is 17.6 Å². The summed E-state index contributed by atoms with van der Waals surface area (Å²) >= 11 is 0. The van der Waals surface area contributed by atoms with E-state index in [4.69, 9.17) is 18.6 Å². The van der Waals surface area contributed by atoms with Gasteiger partial charge in [-0.15, -0.1) is 0 Å². The van der Waals surface area contributed by atoms with Gasteiger partial charge in [-0.2, -0.15) is 0 Å². The van der Waals surface area contributed by atoms with Crippen LogP contribution in [0.5, 0.6) is 11.5 Å². The molecule has 0 aliphatic heterocycles. The molecule has 0 amide bonds. The lowest BCUT2D eigenvalue weighted by molar-refractivity contribution is 0.0490. The van der Waals surface area contributed by atoms with Crippen molar-refractivity contribution in [3.63, 3.8) is 0 Å². The zero-order valence-corrected chi connectivity index (χ0v) is 21.1. The van der Waals surface area contributed by atoms with Gasteiger partial charge >= 0.3 is 5.97 Å². The number of para-hydroxylation sites is 1. The first-order chi connectivity index (χ1) is 17.1. The topological polar surface area (TPSA) is 75.0 Å². The Balaban J connectivity index is 1.59. The summed E-state index contributed by atoms with van der Waals surface area (Å²) in [6.07, 6.45) is 6.45. The van der Waals surface area contributed by atoms with E-state index in [2.05, 4.69) is 26.0 Å². The maximum atomic E-state index is 12.6. The van der Waals surface area contributed by atoms with Gasteiger partial charge in [-0.3, -0.25) is 4.79 Å². The van der Waals surface area contributed by atoms with Crippen LogP contribution in [0.3, 0.4) is 0 Å². The molecular weight excluding hydrogens is 444 g/mol. The summed E-state index contributed by atoms with van der Waals surface area (Å²) in [6, 6.07) is 12.9. The van der Waals surface area contributed by atoms with E-state index < -0.39 is 5.97 Å². The summed E-state index contributed by atoms with van der Waals surface area (Å²) in [7, 11) is 0. The van der Waals surface area contributed by atoms with Crippen molar-refractivity contribution in [3.8, 4) is 11.5 Å². The second-order valence-electron chi connectivity index (χ2n) is 8.48. The number of rotatable bonds is 14. The molecule has 0 radical (unpaired) electrons. The fourth-order valence-electron chi connectivity index (χ4n) is 4.05. The lowest BCUT2D eigenvalue weighted by Crippen LogP contribution is -2.11. The fraction of sp³-hybridized carbons (Fsp3) is 0.448. The van der Waals surface area contributed by atoms with Gasteiger partial charge in [-0.1, -0.05) is 44.9 Å². The van der Waals surface area contributed by atoms with Crippen molar-refractivity contribution in [3.05, 3.63) is 69.6 Å². The van der Waals surface area contributed by atoms with Gasteiger partial charge in [-0.05, 0) is 62.8 Å². The monoisotopic (exact) mass is 480 g/mol. The predicted molar refractivity (Wildman–Crippen MR) is 138 cm³/mol. The second-order valence-corrected chi connectivity index (χ2v) is 8.48. The summed E-state index contributed by atoms with van der Waals surface area (Å²) in [5, 5.41) is 0.439. The predicted octanol–water partition coefficient (Wildman–Crippen LogP) is 6.50. The third-order valence-corrected chi connectivity index (χ3v) is 5.73. The third-order valence-electron chi connectivity index (χ3n) is 5.73. The van der Waals surface area contributed by atoms with Crippen molar-refractivity contribution >= 4 is 16.9 Å². The molecule has 0 bridgehead atoms. The Morgan fingerprint density at radius 3 is 2.29 bits per heavy atom. The molecule has 6 nitrogen and oxygen atoms in total. The first kappa shape index (κ1) is 26.3. The van der Waals surface area contributed by atoms with Crippen LogP contribution in [-0.4, -0.2) is 25.8 Å².